The second kappa shape index (κ2) is 7.28. The van der Waals surface area contributed by atoms with E-state index in [9.17, 15) is 5.11 Å². The molecule has 0 aromatic heterocycles. The highest BCUT2D eigenvalue weighted by Gasteiger charge is 2.26. The molecule has 0 radical (unpaired) electrons. The van der Waals surface area contributed by atoms with E-state index in [0.717, 1.165) is 25.8 Å². The van der Waals surface area contributed by atoms with Crippen molar-refractivity contribution in [2.75, 3.05) is 25.1 Å². The lowest BCUT2D eigenvalue weighted by Crippen LogP contribution is -2.47. The number of fused-ring (bicyclic) bond motifs is 1. The van der Waals surface area contributed by atoms with Gasteiger partial charge in [0.25, 0.3) is 0 Å². The van der Waals surface area contributed by atoms with Gasteiger partial charge in [-0.3, -0.25) is 0 Å². The summed E-state index contributed by atoms with van der Waals surface area (Å²) >= 11 is 0. The molecule has 1 aliphatic rings. The number of aryl methyl sites for hydroxylation is 1. The molecule has 0 saturated heterocycles. The third-order valence-corrected chi connectivity index (χ3v) is 5.23. The minimum atomic E-state index is -0.113. The van der Waals surface area contributed by atoms with E-state index in [1.165, 1.54) is 24.1 Å². The predicted octanol–water partition coefficient (Wildman–Crippen LogP) is 2.97. The van der Waals surface area contributed by atoms with Gasteiger partial charge in [-0.15, -0.1) is 0 Å². The quantitative estimate of drug-likeness (QED) is 0.810. The van der Waals surface area contributed by atoms with Crippen LogP contribution in [-0.2, 0) is 6.42 Å². The summed E-state index contributed by atoms with van der Waals surface area (Å²) in [7, 11) is 1.96. The Kier molecular flexibility index (Phi) is 5.65. The molecule has 2 N–H and O–H groups in total. The normalized spacial score (nSPS) is 21.0. The molecule has 2 atom stereocenters. The van der Waals surface area contributed by atoms with Crippen molar-refractivity contribution in [3.63, 3.8) is 0 Å². The average molecular weight is 290 g/mol. The Hall–Kier alpha value is -1.06. The minimum Gasteiger partial charge on any atom is -0.394 e. The van der Waals surface area contributed by atoms with Crippen LogP contribution in [0.15, 0.2) is 24.3 Å². The van der Waals surface area contributed by atoms with Gasteiger partial charge in [-0.1, -0.05) is 25.1 Å². The molecule has 0 bridgehead atoms. The van der Waals surface area contributed by atoms with E-state index in [1.807, 2.05) is 7.05 Å². The number of anilines is 1. The Bertz CT molecular complexity index is 434. The highest BCUT2D eigenvalue weighted by atomic mass is 16.3. The van der Waals surface area contributed by atoms with E-state index < -0.39 is 0 Å². The Balaban J connectivity index is 2.00. The van der Waals surface area contributed by atoms with Crippen LogP contribution in [0, 0.1) is 0 Å². The van der Waals surface area contributed by atoms with Crippen molar-refractivity contribution in [3.8, 4) is 0 Å². The van der Waals surface area contributed by atoms with Gasteiger partial charge in [0.1, 0.15) is 0 Å². The third-order valence-electron chi connectivity index (χ3n) is 5.23. The van der Waals surface area contributed by atoms with Gasteiger partial charge in [0, 0.05) is 23.8 Å². The fourth-order valence-electron chi connectivity index (χ4n) is 3.44. The Morgan fingerprint density at radius 1 is 1.38 bits per heavy atom. The summed E-state index contributed by atoms with van der Waals surface area (Å²) in [5, 5.41) is 13.0. The smallest absolute Gasteiger partial charge is 0.0613 e. The molecule has 1 aromatic rings. The van der Waals surface area contributed by atoms with E-state index in [0.29, 0.717) is 6.04 Å². The molecule has 2 unspecified atom stereocenters. The van der Waals surface area contributed by atoms with Crippen molar-refractivity contribution in [2.45, 2.75) is 57.5 Å². The van der Waals surface area contributed by atoms with Crippen LogP contribution in [0.5, 0.6) is 0 Å². The van der Waals surface area contributed by atoms with Crippen molar-refractivity contribution < 1.29 is 5.11 Å². The second-order valence-electron chi connectivity index (χ2n) is 6.36. The van der Waals surface area contributed by atoms with Crippen LogP contribution in [0.25, 0.3) is 0 Å². The molecule has 0 aliphatic carbocycles. The highest BCUT2D eigenvalue weighted by Crippen LogP contribution is 2.31. The maximum atomic E-state index is 9.65. The van der Waals surface area contributed by atoms with Gasteiger partial charge in [-0.2, -0.15) is 0 Å². The van der Waals surface area contributed by atoms with E-state index >= 15 is 0 Å². The summed E-state index contributed by atoms with van der Waals surface area (Å²) in [6, 6.07) is 9.40. The summed E-state index contributed by atoms with van der Waals surface area (Å²) < 4.78 is 0. The van der Waals surface area contributed by atoms with Crippen LogP contribution in [0.4, 0.5) is 5.69 Å². The van der Waals surface area contributed by atoms with Crippen LogP contribution >= 0.6 is 0 Å². The monoisotopic (exact) mass is 290 g/mol. The predicted molar refractivity (Wildman–Crippen MR) is 90.0 cm³/mol. The number of hydrogen-bond donors (Lipinski definition) is 2. The second-order valence-corrected chi connectivity index (χ2v) is 6.36. The summed E-state index contributed by atoms with van der Waals surface area (Å²) in [5.41, 5.74) is 2.78. The first kappa shape index (κ1) is 16.3. The average Bonchev–Trinajstić information content (AvgIpc) is 2.54. The minimum absolute atomic E-state index is 0.113. The van der Waals surface area contributed by atoms with Crippen LogP contribution in [0.3, 0.4) is 0 Å². The molecule has 0 spiro atoms. The zero-order valence-corrected chi connectivity index (χ0v) is 13.7. The number of likely N-dealkylation sites (N-methyl/N-ethyl adjacent to an activating group) is 1. The zero-order valence-electron chi connectivity index (χ0n) is 13.7. The first-order chi connectivity index (χ1) is 10.2. The lowest BCUT2D eigenvalue weighted by Gasteiger charge is -2.38. The molecule has 21 heavy (non-hydrogen) atoms. The van der Waals surface area contributed by atoms with Crippen LogP contribution in [-0.4, -0.2) is 36.9 Å². The largest absolute Gasteiger partial charge is 0.394 e. The van der Waals surface area contributed by atoms with Gasteiger partial charge in [0.2, 0.25) is 0 Å². The van der Waals surface area contributed by atoms with Gasteiger partial charge in [0.05, 0.1) is 6.61 Å². The van der Waals surface area contributed by atoms with Crippen LogP contribution < -0.4 is 10.2 Å². The first-order valence-electron chi connectivity index (χ1n) is 8.30. The van der Waals surface area contributed by atoms with E-state index in [-0.39, 0.29) is 12.1 Å². The number of para-hydroxylation sites is 1. The summed E-state index contributed by atoms with van der Waals surface area (Å²) in [6.45, 7) is 5.76. The van der Waals surface area contributed by atoms with Crippen molar-refractivity contribution in [1.82, 2.24) is 5.32 Å². The number of aliphatic hydroxyl groups excluding tert-OH is 1. The molecule has 0 fully saturated rings. The Labute approximate surface area is 129 Å². The van der Waals surface area contributed by atoms with Crippen molar-refractivity contribution in [2.24, 2.45) is 0 Å². The van der Waals surface area contributed by atoms with E-state index in [4.69, 9.17) is 0 Å². The molecule has 1 heterocycles. The summed E-state index contributed by atoms with van der Waals surface area (Å²) in [5.74, 6) is 0. The van der Waals surface area contributed by atoms with Crippen molar-refractivity contribution in [3.05, 3.63) is 29.8 Å². The van der Waals surface area contributed by atoms with E-state index in [2.05, 4.69) is 48.3 Å². The van der Waals surface area contributed by atoms with E-state index in [1.54, 1.807) is 0 Å². The van der Waals surface area contributed by atoms with Crippen LogP contribution in [0.2, 0.25) is 0 Å². The van der Waals surface area contributed by atoms with Gasteiger partial charge >= 0.3 is 0 Å². The molecular formula is C18H30N2O. The fourth-order valence-corrected chi connectivity index (χ4v) is 3.44. The molecule has 1 aromatic carbocycles. The van der Waals surface area contributed by atoms with Gasteiger partial charge < -0.3 is 15.3 Å². The lowest BCUT2D eigenvalue weighted by atomic mass is 9.90. The number of nitrogens with zero attached hydrogens (tertiary/aromatic N) is 1. The molecule has 0 saturated carbocycles. The maximum absolute atomic E-state index is 9.65. The molecule has 3 heteroatoms. The summed E-state index contributed by atoms with van der Waals surface area (Å²) in [6.07, 6.45) is 5.52. The zero-order chi connectivity index (χ0) is 15.3. The highest BCUT2D eigenvalue weighted by molar-refractivity contribution is 5.56. The molecule has 3 nitrogen and oxygen atoms in total. The fraction of sp³-hybridized carbons (Fsp3) is 0.667. The van der Waals surface area contributed by atoms with Gasteiger partial charge in [-0.25, -0.2) is 0 Å². The lowest BCUT2D eigenvalue weighted by molar-refractivity contribution is 0.152. The number of aliphatic hydroxyl groups is 1. The number of rotatable bonds is 7. The summed E-state index contributed by atoms with van der Waals surface area (Å²) in [4.78, 5) is 2.55. The maximum Gasteiger partial charge on any atom is 0.0613 e. The van der Waals surface area contributed by atoms with Crippen molar-refractivity contribution in [1.29, 1.82) is 0 Å². The Morgan fingerprint density at radius 3 is 2.81 bits per heavy atom. The Morgan fingerprint density at radius 2 is 2.14 bits per heavy atom. The standard InChI is InChI=1S/C18H30N2O/c1-4-18(14-21,19-3)12-7-13-20-15(2)10-11-16-8-5-6-9-17(16)20/h5-6,8-9,15,19,21H,4,7,10-14H2,1-3H3. The number of benzene rings is 1. The SMILES string of the molecule is CCC(CO)(CCCN1c2ccccc2CCC1C)NC. The molecule has 1 aliphatic heterocycles. The van der Waals surface area contributed by atoms with Crippen LogP contribution in [0.1, 0.15) is 45.1 Å². The molecule has 0 amide bonds. The third kappa shape index (κ3) is 3.58. The van der Waals surface area contributed by atoms with Crippen molar-refractivity contribution >= 4 is 5.69 Å². The molecule has 118 valence electrons. The topological polar surface area (TPSA) is 35.5 Å². The van der Waals surface area contributed by atoms with Gasteiger partial charge in [-0.05, 0) is 57.7 Å². The first-order valence-corrected chi connectivity index (χ1v) is 8.30. The molecular weight excluding hydrogens is 260 g/mol. The molecule has 2 rings (SSSR count). The number of hydrogen-bond acceptors (Lipinski definition) is 3. The van der Waals surface area contributed by atoms with Gasteiger partial charge in [0.15, 0.2) is 0 Å². The number of nitrogens with one attached hydrogen (secondary N) is 1.